The van der Waals surface area contributed by atoms with E-state index in [4.69, 9.17) is 0 Å². The number of nitrogens with zero attached hydrogens (tertiary/aromatic N) is 2. The largest absolute Gasteiger partial charge is 0.417 e. The molecule has 0 bridgehead atoms. The predicted molar refractivity (Wildman–Crippen MR) is 61.4 cm³/mol. The number of nitrogens with one attached hydrogen (secondary N) is 1. The lowest BCUT2D eigenvalue weighted by Crippen LogP contribution is -2.15. The molecular weight excluding hydrogens is 278 g/mol. The molecule has 0 radical (unpaired) electrons. The quantitative estimate of drug-likeness (QED) is 0.682. The Labute approximate surface area is 110 Å². The van der Waals surface area contributed by atoms with Crippen molar-refractivity contribution in [2.75, 3.05) is 5.32 Å². The van der Waals surface area contributed by atoms with Crippen LogP contribution in [0.1, 0.15) is 16.1 Å². The molecule has 2 aromatic rings. The fourth-order valence-electron chi connectivity index (χ4n) is 1.35. The molecule has 0 saturated heterocycles. The molecule has 2 aromatic heterocycles. The lowest BCUT2D eigenvalue weighted by molar-refractivity contribution is -0.137. The van der Waals surface area contributed by atoms with Gasteiger partial charge in [0.15, 0.2) is 0 Å². The van der Waals surface area contributed by atoms with E-state index in [2.05, 4.69) is 15.3 Å². The summed E-state index contributed by atoms with van der Waals surface area (Å²) in [6.07, 6.45) is -3.97. The number of pyridine rings is 2. The Morgan fingerprint density at radius 2 is 1.90 bits per heavy atom. The second-order valence-corrected chi connectivity index (χ2v) is 3.73. The summed E-state index contributed by atoms with van der Waals surface area (Å²) in [6, 6.07) is 5.42. The van der Waals surface area contributed by atoms with Crippen molar-refractivity contribution in [3.05, 3.63) is 53.7 Å². The van der Waals surface area contributed by atoms with E-state index in [0.717, 1.165) is 18.2 Å². The number of hydrogen-bond acceptors (Lipinski definition) is 3. The van der Waals surface area contributed by atoms with Gasteiger partial charge in [-0.15, -0.1) is 0 Å². The van der Waals surface area contributed by atoms with Crippen molar-refractivity contribution in [2.24, 2.45) is 0 Å². The predicted octanol–water partition coefficient (Wildman–Crippen LogP) is 2.89. The highest BCUT2D eigenvalue weighted by Crippen LogP contribution is 2.28. The zero-order valence-corrected chi connectivity index (χ0v) is 9.78. The van der Waals surface area contributed by atoms with Crippen LogP contribution in [0.15, 0.2) is 36.5 Å². The third-order valence-electron chi connectivity index (χ3n) is 2.28. The number of rotatable bonds is 2. The standard InChI is InChI=1S/C12H7F4N3O/c13-9-2-1-3-10(18-9)19-11(20)8-5-4-7(6-17-8)12(14,15)16/h1-6H,(H,18,19,20). The maximum absolute atomic E-state index is 12.8. The highest BCUT2D eigenvalue weighted by Gasteiger charge is 2.30. The molecule has 1 N–H and O–H groups in total. The van der Waals surface area contributed by atoms with E-state index in [9.17, 15) is 22.4 Å². The first-order valence-electron chi connectivity index (χ1n) is 5.33. The molecule has 0 aliphatic carbocycles. The molecule has 0 aromatic carbocycles. The Balaban J connectivity index is 2.14. The first kappa shape index (κ1) is 13.9. The number of hydrogen-bond donors (Lipinski definition) is 1. The Morgan fingerprint density at radius 3 is 2.45 bits per heavy atom. The van der Waals surface area contributed by atoms with Crippen LogP contribution in [0.25, 0.3) is 0 Å². The molecular formula is C12H7F4N3O. The molecule has 20 heavy (non-hydrogen) atoms. The number of carbonyl (C=O) groups excluding carboxylic acids is 1. The molecule has 0 unspecified atom stereocenters. The molecule has 0 fully saturated rings. The normalized spacial score (nSPS) is 11.2. The SMILES string of the molecule is O=C(Nc1cccc(F)n1)c1ccc(C(F)(F)F)cn1. The minimum atomic E-state index is -4.52. The Hall–Kier alpha value is -2.51. The van der Waals surface area contributed by atoms with Crippen molar-refractivity contribution in [1.82, 2.24) is 9.97 Å². The Kier molecular flexibility index (Phi) is 3.64. The molecule has 1 amide bonds. The van der Waals surface area contributed by atoms with E-state index >= 15 is 0 Å². The molecule has 0 aliphatic heterocycles. The van der Waals surface area contributed by atoms with Gasteiger partial charge < -0.3 is 5.32 Å². The lowest BCUT2D eigenvalue weighted by Gasteiger charge is -2.07. The third-order valence-corrected chi connectivity index (χ3v) is 2.28. The fraction of sp³-hybridized carbons (Fsp3) is 0.0833. The molecule has 104 valence electrons. The first-order chi connectivity index (χ1) is 9.36. The average Bonchev–Trinajstić information content (AvgIpc) is 2.38. The van der Waals surface area contributed by atoms with Crippen LogP contribution in [0.3, 0.4) is 0 Å². The van der Waals surface area contributed by atoms with Gasteiger partial charge in [0.05, 0.1) is 5.56 Å². The second-order valence-electron chi connectivity index (χ2n) is 3.73. The number of amides is 1. The van der Waals surface area contributed by atoms with Gasteiger partial charge in [0.25, 0.3) is 5.91 Å². The van der Waals surface area contributed by atoms with Crippen LogP contribution in [0, 0.1) is 5.95 Å². The zero-order chi connectivity index (χ0) is 14.8. The summed E-state index contributed by atoms with van der Waals surface area (Å²) < 4.78 is 49.8. The number of aromatic nitrogens is 2. The Bertz CT molecular complexity index is 625. The third kappa shape index (κ3) is 3.28. The smallest absolute Gasteiger partial charge is 0.305 e. The van der Waals surface area contributed by atoms with Crippen LogP contribution in [-0.4, -0.2) is 15.9 Å². The highest BCUT2D eigenvalue weighted by atomic mass is 19.4. The van der Waals surface area contributed by atoms with Crippen molar-refractivity contribution in [1.29, 1.82) is 0 Å². The van der Waals surface area contributed by atoms with Gasteiger partial charge in [-0.05, 0) is 24.3 Å². The van der Waals surface area contributed by atoms with E-state index in [1.54, 1.807) is 0 Å². The van der Waals surface area contributed by atoms with E-state index in [1.807, 2.05) is 0 Å². The average molecular weight is 285 g/mol. The summed E-state index contributed by atoms with van der Waals surface area (Å²) in [7, 11) is 0. The van der Waals surface area contributed by atoms with Crippen molar-refractivity contribution in [3.8, 4) is 0 Å². The molecule has 2 heterocycles. The van der Waals surface area contributed by atoms with Crippen molar-refractivity contribution < 1.29 is 22.4 Å². The molecule has 0 spiro atoms. The molecule has 0 atom stereocenters. The monoisotopic (exact) mass is 285 g/mol. The number of carbonyl (C=O) groups is 1. The van der Waals surface area contributed by atoms with Crippen molar-refractivity contribution in [3.63, 3.8) is 0 Å². The van der Waals surface area contributed by atoms with E-state index in [1.165, 1.54) is 12.1 Å². The van der Waals surface area contributed by atoms with Gasteiger partial charge in [-0.2, -0.15) is 17.6 Å². The van der Waals surface area contributed by atoms with Crippen LogP contribution in [0.4, 0.5) is 23.4 Å². The number of anilines is 1. The van der Waals surface area contributed by atoms with E-state index < -0.39 is 23.6 Å². The summed E-state index contributed by atoms with van der Waals surface area (Å²) >= 11 is 0. The van der Waals surface area contributed by atoms with Gasteiger partial charge in [-0.1, -0.05) is 6.07 Å². The van der Waals surface area contributed by atoms with Gasteiger partial charge >= 0.3 is 6.18 Å². The van der Waals surface area contributed by atoms with Crippen molar-refractivity contribution in [2.45, 2.75) is 6.18 Å². The first-order valence-corrected chi connectivity index (χ1v) is 5.33. The summed E-state index contributed by atoms with van der Waals surface area (Å²) in [5, 5.41) is 2.22. The van der Waals surface area contributed by atoms with Gasteiger partial charge in [-0.25, -0.2) is 4.98 Å². The summed E-state index contributed by atoms with van der Waals surface area (Å²) in [5.41, 5.74) is -1.19. The van der Waals surface area contributed by atoms with Crippen LogP contribution >= 0.6 is 0 Å². The molecule has 2 rings (SSSR count). The number of halogens is 4. The van der Waals surface area contributed by atoms with Gasteiger partial charge in [0, 0.05) is 6.20 Å². The minimum Gasteiger partial charge on any atom is -0.305 e. The van der Waals surface area contributed by atoms with Gasteiger partial charge in [-0.3, -0.25) is 9.78 Å². The minimum absolute atomic E-state index is 0.0586. The molecule has 0 aliphatic rings. The van der Waals surface area contributed by atoms with Crippen LogP contribution < -0.4 is 5.32 Å². The topological polar surface area (TPSA) is 54.9 Å². The van der Waals surface area contributed by atoms with Crippen LogP contribution in [0.2, 0.25) is 0 Å². The Morgan fingerprint density at radius 1 is 1.15 bits per heavy atom. The highest BCUT2D eigenvalue weighted by molar-refractivity contribution is 6.02. The van der Waals surface area contributed by atoms with Gasteiger partial charge in [0.2, 0.25) is 5.95 Å². The zero-order valence-electron chi connectivity index (χ0n) is 9.78. The van der Waals surface area contributed by atoms with E-state index in [-0.39, 0.29) is 11.5 Å². The number of alkyl halides is 3. The van der Waals surface area contributed by atoms with Crippen molar-refractivity contribution >= 4 is 11.7 Å². The van der Waals surface area contributed by atoms with Crippen LogP contribution in [0.5, 0.6) is 0 Å². The van der Waals surface area contributed by atoms with E-state index in [0.29, 0.717) is 6.20 Å². The molecule has 8 heteroatoms. The molecule has 4 nitrogen and oxygen atoms in total. The maximum Gasteiger partial charge on any atom is 0.417 e. The summed E-state index contributed by atoms with van der Waals surface area (Å²) in [4.78, 5) is 18.5. The van der Waals surface area contributed by atoms with Gasteiger partial charge in [0.1, 0.15) is 11.5 Å². The maximum atomic E-state index is 12.8. The lowest BCUT2D eigenvalue weighted by atomic mass is 10.2. The fourth-order valence-corrected chi connectivity index (χ4v) is 1.35. The summed E-state index contributed by atoms with van der Waals surface area (Å²) in [5.74, 6) is -1.63. The van der Waals surface area contributed by atoms with Crippen LogP contribution in [-0.2, 0) is 6.18 Å². The second kappa shape index (κ2) is 5.24. The summed E-state index contributed by atoms with van der Waals surface area (Å²) in [6.45, 7) is 0. The molecule has 0 saturated carbocycles.